The topological polar surface area (TPSA) is 95.6 Å². The van der Waals surface area contributed by atoms with E-state index in [1.54, 1.807) is 0 Å². The second-order valence-electron chi connectivity index (χ2n) is 4.13. The van der Waals surface area contributed by atoms with Gasteiger partial charge in [-0.05, 0) is 20.3 Å². The lowest BCUT2D eigenvalue weighted by Gasteiger charge is -2.17. The van der Waals surface area contributed by atoms with Crippen molar-refractivity contribution >= 4 is 5.91 Å². The van der Waals surface area contributed by atoms with E-state index < -0.39 is 6.10 Å². The maximum Gasteiger partial charge on any atom is 0.220 e. The molecule has 0 aromatic carbocycles. The molecule has 0 radical (unpaired) electrons. The monoisotopic (exact) mass is 204 g/mol. The zero-order valence-corrected chi connectivity index (χ0v) is 8.79. The summed E-state index contributed by atoms with van der Waals surface area (Å²) in [7, 11) is 0. The van der Waals surface area contributed by atoms with Crippen LogP contribution in [0.5, 0.6) is 0 Å². The van der Waals surface area contributed by atoms with Gasteiger partial charge < -0.3 is 21.3 Å². The van der Waals surface area contributed by atoms with Crippen LogP contribution in [0.3, 0.4) is 0 Å². The molecule has 0 saturated heterocycles. The first kappa shape index (κ1) is 13.4. The molecule has 1 unspecified atom stereocenters. The molecule has 0 bridgehead atoms. The van der Waals surface area contributed by atoms with Crippen LogP contribution in [0.2, 0.25) is 0 Å². The molecule has 0 aliphatic heterocycles. The Morgan fingerprint density at radius 3 is 2.57 bits per heavy atom. The summed E-state index contributed by atoms with van der Waals surface area (Å²) in [6.45, 7) is 3.44. The van der Waals surface area contributed by atoms with Crippen LogP contribution < -0.4 is 11.1 Å². The predicted octanol–water partition coefficient (Wildman–Crippen LogP) is -1.03. The number of nitrogens with two attached hydrogens (primary N) is 1. The van der Waals surface area contributed by atoms with E-state index in [1.807, 2.05) is 13.8 Å². The molecule has 1 amide bonds. The first-order chi connectivity index (χ1) is 6.35. The fourth-order valence-corrected chi connectivity index (χ4v) is 0.820. The van der Waals surface area contributed by atoms with E-state index in [1.165, 1.54) is 0 Å². The van der Waals surface area contributed by atoms with E-state index in [0.29, 0.717) is 12.8 Å². The summed E-state index contributed by atoms with van der Waals surface area (Å²) in [4.78, 5) is 11.2. The number of carbonyl (C=O) groups is 1. The zero-order chi connectivity index (χ0) is 11.2. The number of nitrogens with one attached hydrogen (secondary N) is 1. The molecule has 0 aromatic rings. The number of aliphatic hydroxyl groups is 2. The summed E-state index contributed by atoms with van der Waals surface area (Å²) in [5.41, 5.74) is 5.34. The molecule has 0 saturated carbocycles. The predicted molar refractivity (Wildman–Crippen MR) is 53.6 cm³/mol. The van der Waals surface area contributed by atoms with Crippen LogP contribution in [-0.4, -0.2) is 40.9 Å². The third kappa shape index (κ3) is 7.97. The van der Waals surface area contributed by atoms with Gasteiger partial charge in [-0.1, -0.05) is 0 Å². The summed E-state index contributed by atoms with van der Waals surface area (Å²) >= 11 is 0. The third-order valence-electron chi connectivity index (χ3n) is 1.74. The molecule has 0 aliphatic rings. The number of aliphatic hydroxyl groups excluding tert-OH is 2. The highest BCUT2D eigenvalue weighted by Gasteiger charge is 2.13. The van der Waals surface area contributed by atoms with Crippen LogP contribution in [0.1, 0.15) is 26.7 Å². The van der Waals surface area contributed by atoms with Gasteiger partial charge in [0.2, 0.25) is 5.91 Å². The van der Waals surface area contributed by atoms with Gasteiger partial charge in [-0.15, -0.1) is 0 Å². The van der Waals surface area contributed by atoms with E-state index in [4.69, 9.17) is 15.9 Å². The Hall–Kier alpha value is -0.650. The maximum absolute atomic E-state index is 11.2. The van der Waals surface area contributed by atoms with Crippen LogP contribution in [0.25, 0.3) is 0 Å². The Balaban J connectivity index is 3.57. The lowest BCUT2D eigenvalue weighted by atomic mass is 10.00. The maximum atomic E-state index is 11.2. The van der Waals surface area contributed by atoms with Gasteiger partial charge in [-0.25, -0.2) is 0 Å². The minimum Gasteiger partial charge on any atom is -0.394 e. The molecule has 0 aliphatic carbocycles. The molecular weight excluding hydrogens is 184 g/mol. The van der Waals surface area contributed by atoms with E-state index in [9.17, 15) is 4.79 Å². The molecule has 5 N–H and O–H groups in total. The first-order valence-corrected chi connectivity index (χ1v) is 4.69. The minimum absolute atomic E-state index is 0.0837. The highest BCUT2D eigenvalue weighted by Crippen LogP contribution is 2.06. The first-order valence-electron chi connectivity index (χ1n) is 4.69. The lowest BCUT2D eigenvalue weighted by molar-refractivity contribution is -0.122. The molecule has 5 heteroatoms. The van der Waals surface area contributed by atoms with E-state index >= 15 is 0 Å². The molecule has 84 valence electrons. The van der Waals surface area contributed by atoms with E-state index in [0.717, 1.165) is 0 Å². The van der Waals surface area contributed by atoms with Crippen LogP contribution >= 0.6 is 0 Å². The lowest BCUT2D eigenvalue weighted by Crippen LogP contribution is -2.37. The van der Waals surface area contributed by atoms with Crippen molar-refractivity contribution in [1.29, 1.82) is 0 Å². The second-order valence-corrected chi connectivity index (χ2v) is 4.13. The molecule has 0 spiro atoms. The Bertz CT molecular complexity index is 177. The van der Waals surface area contributed by atoms with Crippen LogP contribution in [0.4, 0.5) is 0 Å². The minimum atomic E-state index is -0.884. The summed E-state index contributed by atoms with van der Waals surface area (Å²) in [6, 6.07) is 0. The fraction of sp³-hybridized carbons (Fsp3) is 0.889. The number of hydrogen-bond donors (Lipinski definition) is 4. The van der Waals surface area contributed by atoms with E-state index in [-0.39, 0.29) is 24.6 Å². The summed E-state index contributed by atoms with van der Waals surface area (Å²) in [6.07, 6.45) is 0.0419. The van der Waals surface area contributed by atoms with Crippen molar-refractivity contribution in [2.75, 3.05) is 13.2 Å². The average Bonchev–Trinajstić information content (AvgIpc) is 2.09. The summed E-state index contributed by atoms with van der Waals surface area (Å²) in [5.74, 6) is -0.156. The highest BCUT2D eigenvalue weighted by molar-refractivity contribution is 5.75. The SMILES string of the molecule is CC(C)(N)CCC(=O)NCC(O)CO. The molecule has 1 atom stereocenters. The van der Waals surface area contributed by atoms with Crippen molar-refractivity contribution in [3.63, 3.8) is 0 Å². The third-order valence-corrected chi connectivity index (χ3v) is 1.74. The van der Waals surface area contributed by atoms with Crippen molar-refractivity contribution in [3.8, 4) is 0 Å². The van der Waals surface area contributed by atoms with Crippen molar-refractivity contribution < 1.29 is 15.0 Å². The van der Waals surface area contributed by atoms with E-state index in [2.05, 4.69) is 5.32 Å². The summed E-state index contributed by atoms with van der Waals surface area (Å²) in [5, 5.41) is 19.9. The Morgan fingerprint density at radius 2 is 2.14 bits per heavy atom. The van der Waals surface area contributed by atoms with Gasteiger partial charge in [0, 0.05) is 18.5 Å². The number of hydrogen-bond acceptors (Lipinski definition) is 4. The average molecular weight is 204 g/mol. The molecule has 0 heterocycles. The quantitative estimate of drug-likeness (QED) is 0.445. The molecule has 5 nitrogen and oxygen atoms in total. The Kier molecular flexibility index (Phi) is 5.68. The van der Waals surface area contributed by atoms with Crippen LogP contribution in [-0.2, 0) is 4.79 Å². The smallest absolute Gasteiger partial charge is 0.220 e. The van der Waals surface area contributed by atoms with Gasteiger partial charge in [-0.3, -0.25) is 4.79 Å². The molecular formula is C9H20N2O3. The molecule has 0 rings (SSSR count). The molecule has 0 aromatic heterocycles. The zero-order valence-electron chi connectivity index (χ0n) is 8.79. The van der Waals surface area contributed by atoms with Crippen LogP contribution in [0, 0.1) is 0 Å². The van der Waals surface area contributed by atoms with Gasteiger partial charge in [0.15, 0.2) is 0 Å². The molecule has 14 heavy (non-hydrogen) atoms. The standard InChI is InChI=1S/C9H20N2O3/c1-9(2,10)4-3-8(14)11-5-7(13)6-12/h7,12-13H,3-6,10H2,1-2H3,(H,11,14). The van der Waals surface area contributed by atoms with Gasteiger partial charge in [0.05, 0.1) is 12.7 Å². The number of amides is 1. The largest absolute Gasteiger partial charge is 0.394 e. The normalized spacial score (nSPS) is 13.8. The van der Waals surface area contributed by atoms with Crippen molar-refractivity contribution in [2.24, 2.45) is 5.73 Å². The van der Waals surface area contributed by atoms with Gasteiger partial charge in [-0.2, -0.15) is 0 Å². The van der Waals surface area contributed by atoms with Crippen LogP contribution in [0.15, 0.2) is 0 Å². The van der Waals surface area contributed by atoms with Crippen molar-refractivity contribution in [3.05, 3.63) is 0 Å². The number of rotatable bonds is 6. The Labute approximate surface area is 84.3 Å². The fourth-order valence-electron chi connectivity index (χ4n) is 0.820. The highest BCUT2D eigenvalue weighted by atomic mass is 16.3. The van der Waals surface area contributed by atoms with Gasteiger partial charge in [0.25, 0.3) is 0 Å². The summed E-state index contributed by atoms with van der Waals surface area (Å²) < 4.78 is 0. The number of carbonyl (C=O) groups excluding carboxylic acids is 1. The van der Waals surface area contributed by atoms with Gasteiger partial charge >= 0.3 is 0 Å². The second kappa shape index (κ2) is 5.95. The van der Waals surface area contributed by atoms with Crippen molar-refractivity contribution in [1.82, 2.24) is 5.32 Å². The Morgan fingerprint density at radius 1 is 1.57 bits per heavy atom. The molecule has 0 fully saturated rings. The van der Waals surface area contributed by atoms with Gasteiger partial charge in [0.1, 0.15) is 0 Å². The van der Waals surface area contributed by atoms with Crippen molar-refractivity contribution in [2.45, 2.75) is 38.3 Å².